The molecule has 0 spiro atoms. The smallest absolute Gasteiger partial charge is 0.0230 e. The molecule has 1 rings (SSSR count). The van der Waals surface area contributed by atoms with Gasteiger partial charge < -0.3 is 4.55 Å². The summed E-state index contributed by atoms with van der Waals surface area (Å²) in [6.07, 6.45) is 3.45. The van der Waals surface area contributed by atoms with Gasteiger partial charge >= 0.3 is 0 Å². The normalized spacial score (nSPS) is 21.1. The van der Waals surface area contributed by atoms with E-state index in [9.17, 15) is 8.76 Å². The van der Waals surface area contributed by atoms with Gasteiger partial charge in [0, 0.05) is 16.4 Å². The van der Waals surface area contributed by atoms with E-state index in [1.54, 1.807) is 6.08 Å². The molecule has 0 aliphatic heterocycles. The quantitative estimate of drug-likeness (QED) is 0.547. The van der Waals surface area contributed by atoms with E-state index in [2.05, 4.69) is 0 Å². The van der Waals surface area contributed by atoms with E-state index in [1.165, 1.54) is 6.08 Å². The Labute approximate surface area is 60.5 Å². The van der Waals surface area contributed by atoms with E-state index < -0.39 is 11.1 Å². The molecule has 0 aromatic carbocycles. The van der Waals surface area contributed by atoms with Crippen LogP contribution in [0.4, 0.5) is 0 Å². The van der Waals surface area contributed by atoms with Crippen molar-refractivity contribution < 1.29 is 8.76 Å². The molecule has 1 atom stereocenters. The molecule has 0 aromatic rings. The van der Waals surface area contributed by atoms with Crippen molar-refractivity contribution in [2.24, 2.45) is 0 Å². The van der Waals surface area contributed by atoms with E-state index in [-0.39, 0.29) is 0 Å². The topological polar surface area (TPSA) is 40.1 Å². The third-order valence-corrected chi connectivity index (χ3v) is 1.98. The van der Waals surface area contributed by atoms with E-state index in [4.69, 9.17) is 11.6 Å². The molecule has 0 aromatic heterocycles. The SMILES string of the molecule is O=S([O-])C1=CC=C(Cl)C1. The van der Waals surface area contributed by atoms with Gasteiger partial charge in [0.05, 0.1) is 0 Å². The van der Waals surface area contributed by atoms with Crippen molar-refractivity contribution in [1.29, 1.82) is 0 Å². The van der Waals surface area contributed by atoms with Crippen LogP contribution < -0.4 is 0 Å². The fraction of sp³-hybridized carbons (Fsp3) is 0.200. The molecule has 2 nitrogen and oxygen atoms in total. The second kappa shape index (κ2) is 2.64. The van der Waals surface area contributed by atoms with Crippen molar-refractivity contribution in [2.75, 3.05) is 0 Å². The van der Waals surface area contributed by atoms with Crippen LogP contribution >= 0.6 is 11.6 Å². The lowest BCUT2D eigenvalue weighted by atomic mass is 10.5. The summed E-state index contributed by atoms with van der Waals surface area (Å²) < 4.78 is 20.4. The van der Waals surface area contributed by atoms with Crippen LogP contribution in [0.3, 0.4) is 0 Å². The summed E-state index contributed by atoms with van der Waals surface area (Å²) in [6.45, 7) is 0. The van der Waals surface area contributed by atoms with Gasteiger partial charge in [-0.3, -0.25) is 4.21 Å². The molecule has 0 saturated carbocycles. The average Bonchev–Trinajstić information content (AvgIpc) is 2.14. The molecular weight excluding hydrogens is 160 g/mol. The van der Waals surface area contributed by atoms with Crippen molar-refractivity contribution in [3.63, 3.8) is 0 Å². The molecule has 0 fully saturated rings. The minimum absolute atomic E-state index is 0.359. The lowest BCUT2D eigenvalue weighted by molar-refractivity contribution is 0.543. The Balaban J connectivity index is 2.64. The zero-order valence-corrected chi connectivity index (χ0v) is 6.04. The highest BCUT2D eigenvalue weighted by Gasteiger charge is 2.04. The molecule has 0 N–H and O–H groups in total. The second-order valence-corrected chi connectivity index (χ2v) is 3.14. The second-order valence-electron chi connectivity index (χ2n) is 1.66. The van der Waals surface area contributed by atoms with Gasteiger partial charge in [0.2, 0.25) is 0 Å². The van der Waals surface area contributed by atoms with Crippen LogP contribution in [0.25, 0.3) is 0 Å². The van der Waals surface area contributed by atoms with Gasteiger partial charge in [0.15, 0.2) is 0 Å². The third-order valence-electron chi connectivity index (χ3n) is 1.01. The summed E-state index contributed by atoms with van der Waals surface area (Å²) in [5.41, 5.74) is 0. The highest BCUT2D eigenvalue weighted by atomic mass is 35.5. The van der Waals surface area contributed by atoms with E-state index in [0.717, 1.165) is 0 Å². The fourth-order valence-electron chi connectivity index (χ4n) is 0.582. The van der Waals surface area contributed by atoms with Crippen molar-refractivity contribution in [1.82, 2.24) is 0 Å². The maximum atomic E-state index is 10.2. The van der Waals surface area contributed by atoms with Crippen LogP contribution in [-0.2, 0) is 11.1 Å². The maximum Gasteiger partial charge on any atom is 0.0230 e. The summed E-state index contributed by atoms with van der Waals surface area (Å²) in [6, 6.07) is 0. The van der Waals surface area contributed by atoms with E-state index in [0.29, 0.717) is 16.4 Å². The molecule has 1 aliphatic rings. The zero-order chi connectivity index (χ0) is 6.85. The van der Waals surface area contributed by atoms with E-state index >= 15 is 0 Å². The Morgan fingerprint density at radius 2 is 2.33 bits per heavy atom. The number of hydrogen-bond acceptors (Lipinski definition) is 2. The van der Waals surface area contributed by atoms with Crippen LogP contribution in [0, 0.1) is 0 Å². The Morgan fingerprint density at radius 1 is 1.67 bits per heavy atom. The molecular formula is C5H4ClO2S-. The van der Waals surface area contributed by atoms with Crippen LogP contribution in [0.5, 0.6) is 0 Å². The lowest BCUT2D eigenvalue weighted by Gasteiger charge is -2.03. The minimum Gasteiger partial charge on any atom is -0.769 e. The molecule has 0 saturated heterocycles. The first-order chi connectivity index (χ1) is 4.20. The van der Waals surface area contributed by atoms with Crippen molar-refractivity contribution >= 4 is 22.7 Å². The first-order valence-electron chi connectivity index (χ1n) is 2.34. The molecule has 0 amide bonds. The van der Waals surface area contributed by atoms with Crippen molar-refractivity contribution in [3.8, 4) is 0 Å². The maximum absolute atomic E-state index is 10.2. The summed E-state index contributed by atoms with van der Waals surface area (Å²) in [5, 5.41) is 0.578. The Hall–Kier alpha value is -0.120. The molecule has 0 radical (unpaired) electrons. The predicted octanol–water partition coefficient (Wildman–Crippen LogP) is 1.28. The van der Waals surface area contributed by atoms with Gasteiger partial charge in [-0.25, -0.2) is 0 Å². The molecule has 1 aliphatic carbocycles. The Morgan fingerprint density at radius 3 is 2.56 bits per heavy atom. The van der Waals surface area contributed by atoms with Crippen LogP contribution in [-0.4, -0.2) is 8.76 Å². The van der Waals surface area contributed by atoms with Gasteiger partial charge in [0.1, 0.15) is 0 Å². The third kappa shape index (κ3) is 1.64. The van der Waals surface area contributed by atoms with Gasteiger partial charge in [-0.1, -0.05) is 11.6 Å². The van der Waals surface area contributed by atoms with Gasteiger partial charge in [0.25, 0.3) is 0 Å². The summed E-state index contributed by atoms with van der Waals surface area (Å²) in [7, 11) is 0. The number of allylic oxidation sites excluding steroid dienone is 4. The highest BCUT2D eigenvalue weighted by molar-refractivity contribution is 7.83. The van der Waals surface area contributed by atoms with Crippen LogP contribution in [0.1, 0.15) is 6.42 Å². The Bertz CT molecular complexity index is 207. The standard InChI is InChI=1S/C5H5ClO2S/c6-4-1-2-5(3-4)9(7)8/h1-2H,3H2,(H,7,8)/p-1. The molecule has 0 heterocycles. The first-order valence-corrected chi connectivity index (χ1v) is 3.80. The summed E-state index contributed by atoms with van der Waals surface area (Å²) in [4.78, 5) is 0.361. The lowest BCUT2D eigenvalue weighted by Crippen LogP contribution is -1.88. The zero-order valence-electron chi connectivity index (χ0n) is 4.46. The van der Waals surface area contributed by atoms with Crippen molar-refractivity contribution in [3.05, 3.63) is 22.1 Å². The first kappa shape index (κ1) is 6.99. The van der Waals surface area contributed by atoms with Crippen molar-refractivity contribution in [2.45, 2.75) is 6.42 Å². The molecule has 50 valence electrons. The van der Waals surface area contributed by atoms with Crippen LogP contribution in [0.2, 0.25) is 0 Å². The predicted molar refractivity (Wildman–Crippen MR) is 35.6 cm³/mol. The van der Waals surface area contributed by atoms with Crippen LogP contribution in [0.15, 0.2) is 22.1 Å². The van der Waals surface area contributed by atoms with E-state index in [1.807, 2.05) is 0 Å². The number of hydrogen-bond donors (Lipinski definition) is 0. The Kier molecular flexibility index (Phi) is 2.05. The van der Waals surface area contributed by atoms with Gasteiger partial charge in [-0.05, 0) is 23.2 Å². The molecule has 4 heteroatoms. The number of halogens is 1. The highest BCUT2D eigenvalue weighted by Crippen LogP contribution is 2.22. The monoisotopic (exact) mass is 163 g/mol. The molecule has 0 bridgehead atoms. The van der Waals surface area contributed by atoms with Gasteiger partial charge in [-0.15, -0.1) is 0 Å². The summed E-state index contributed by atoms with van der Waals surface area (Å²) >= 11 is 3.40. The minimum atomic E-state index is -2.09. The summed E-state index contributed by atoms with van der Waals surface area (Å²) in [5.74, 6) is 0. The largest absolute Gasteiger partial charge is 0.769 e. The number of rotatable bonds is 1. The average molecular weight is 164 g/mol. The van der Waals surface area contributed by atoms with Gasteiger partial charge in [-0.2, -0.15) is 0 Å². The molecule has 1 unspecified atom stereocenters. The fourth-order valence-corrected chi connectivity index (χ4v) is 1.32. The molecule has 9 heavy (non-hydrogen) atoms.